The molecule has 0 unspecified atom stereocenters. The number of esters is 2. The van der Waals surface area contributed by atoms with Crippen LogP contribution >= 0.6 is 0 Å². The van der Waals surface area contributed by atoms with E-state index in [9.17, 15) is 9.59 Å². The lowest BCUT2D eigenvalue weighted by molar-refractivity contribution is -0.143. The Hall–Kier alpha value is -2.82. The summed E-state index contributed by atoms with van der Waals surface area (Å²) in [7, 11) is 0. The lowest BCUT2D eigenvalue weighted by Crippen LogP contribution is -2.13. The van der Waals surface area contributed by atoms with Crippen LogP contribution in [-0.4, -0.2) is 25.2 Å². The van der Waals surface area contributed by atoms with Gasteiger partial charge in [0.1, 0.15) is 11.5 Å². The van der Waals surface area contributed by atoms with Gasteiger partial charge in [-0.2, -0.15) is 0 Å². The molecule has 5 nitrogen and oxygen atoms in total. The fraction of sp³-hybridized carbons (Fsp3) is 0.533. The molecule has 0 aliphatic heterocycles. The van der Waals surface area contributed by atoms with Gasteiger partial charge in [-0.3, -0.25) is 4.79 Å². The fourth-order valence-corrected chi connectivity index (χ4v) is 4.83. The normalized spacial score (nSPS) is 17.5. The van der Waals surface area contributed by atoms with Crippen molar-refractivity contribution in [2.45, 2.75) is 84.0 Å². The Morgan fingerprint density at radius 2 is 1.51 bits per heavy atom. The zero-order valence-corrected chi connectivity index (χ0v) is 21.3. The average Bonchev–Trinajstić information content (AvgIpc) is 2.88. The molecule has 0 spiro atoms. The minimum absolute atomic E-state index is 0.142. The molecular formula is C30H40O5. The van der Waals surface area contributed by atoms with E-state index in [4.69, 9.17) is 14.2 Å². The summed E-state index contributed by atoms with van der Waals surface area (Å²) >= 11 is 0. The molecule has 2 aromatic rings. The van der Waals surface area contributed by atoms with Crippen molar-refractivity contribution in [3.8, 4) is 11.5 Å². The lowest BCUT2D eigenvalue weighted by Gasteiger charge is -2.28. The Balaban J connectivity index is 1.38. The zero-order valence-electron chi connectivity index (χ0n) is 21.3. The van der Waals surface area contributed by atoms with Crippen LogP contribution in [0.15, 0.2) is 48.5 Å². The molecule has 5 heteroatoms. The van der Waals surface area contributed by atoms with Crippen LogP contribution in [0.4, 0.5) is 0 Å². The average molecular weight is 481 g/mol. The molecule has 0 saturated heterocycles. The van der Waals surface area contributed by atoms with E-state index in [2.05, 4.69) is 19.1 Å². The van der Waals surface area contributed by atoms with Crippen LogP contribution < -0.4 is 9.47 Å². The van der Waals surface area contributed by atoms with Crippen LogP contribution in [0.25, 0.3) is 0 Å². The molecule has 1 aliphatic carbocycles. The van der Waals surface area contributed by atoms with E-state index in [0.29, 0.717) is 42.6 Å². The van der Waals surface area contributed by atoms with E-state index in [1.54, 1.807) is 24.3 Å². The second kappa shape index (κ2) is 14.6. The van der Waals surface area contributed by atoms with E-state index in [1.165, 1.54) is 44.1 Å². The van der Waals surface area contributed by atoms with Crippen LogP contribution in [0.3, 0.4) is 0 Å². The molecule has 1 saturated carbocycles. The number of rotatable bonds is 13. The highest BCUT2D eigenvalue weighted by Crippen LogP contribution is 2.37. The molecule has 0 bridgehead atoms. The SMILES string of the molecule is CCCC1CCC(c2ccc(OC(=O)c3ccc(OCCCCCC(=O)OCC)cc3)cc2)CC1. The molecule has 0 amide bonds. The Bertz CT molecular complexity index is 895. The number of hydrogen-bond acceptors (Lipinski definition) is 5. The Morgan fingerprint density at radius 3 is 2.17 bits per heavy atom. The Morgan fingerprint density at radius 1 is 0.829 bits per heavy atom. The van der Waals surface area contributed by atoms with Crippen LogP contribution in [0.5, 0.6) is 11.5 Å². The number of unbranched alkanes of at least 4 members (excludes halogenated alkanes) is 2. The summed E-state index contributed by atoms with van der Waals surface area (Å²) in [5.74, 6) is 2.29. The van der Waals surface area contributed by atoms with E-state index < -0.39 is 0 Å². The maximum atomic E-state index is 12.5. The standard InChI is InChI=1S/C30H40O5/c1-3-8-23-10-12-24(13-11-23)25-14-20-28(21-15-25)35-30(32)26-16-18-27(19-17-26)34-22-7-5-6-9-29(31)33-4-2/h14-21,23-24H,3-13,22H2,1-2H3. The first-order valence-electron chi connectivity index (χ1n) is 13.3. The van der Waals surface area contributed by atoms with Gasteiger partial charge in [0.25, 0.3) is 0 Å². The highest BCUT2D eigenvalue weighted by atomic mass is 16.5. The number of carbonyl (C=O) groups is 2. The molecular weight excluding hydrogens is 440 g/mol. The molecule has 0 heterocycles. The van der Waals surface area contributed by atoms with Crippen molar-refractivity contribution in [2.75, 3.05) is 13.2 Å². The Labute approximate surface area is 210 Å². The van der Waals surface area contributed by atoms with E-state index in [0.717, 1.165) is 25.2 Å². The summed E-state index contributed by atoms with van der Waals surface area (Å²) in [5, 5.41) is 0. The van der Waals surface area contributed by atoms with Crippen molar-refractivity contribution in [3.63, 3.8) is 0 Å². The summed E-state index contributed by atoms with van der Waals surface area (Å²) in [4.78, 5) is 23.9. The minimum Gasteiger partial charge on any atom is -0.494 e. The molecule has 1 aliphatic rings. The summed E-state index contributed by atoms with van der Waals surface area (Å²) in [6.45, 7) is 5.08. The maximum Gasteiger partial charge on any atom is 0.343 e. The molecule has 190 valence electrons. The first kappa shape index (κ1) is 26.8. The largest absolute Gasteiger partial charge is 0.494 e. The van der Waals surface area contributed by atoms with Crippen LogP contribution in [-0.2, 0) is 9.53 Å². The first-order valence-corrected chi connectivity index (χ1v) is 13.3. The van der Waals surface area contributed by atoms with Gasteiger partial charge in [-0.1, -0.05) is 31.9 Å². The predicted octanol–water partition coefficient (Wildman–Crippen LogP) is 7.48. The highest BCUT2D eigenvalue weighted by Gasteiger charge is 2.22. The van der Waals surface area contributed by atoms with Gasteiger partial charge in [0.05, 0.1) is 18.8 Å². The Kier molecular flexibility index (Phi) is 11.1. The van der Waals surface area contributed by atoms with Gasteiger partial charge in [-0.15, -0.1) is 0 Å². The topological polar surface area (TPSA) is 61.8 Å². The quantitative estimate of drug-likeness (QED) is 0.169. The van der Waals surface area contributed by atoms with Gasteiger partial charge >= 0.3 is 11.9 Å². The van der Waals surface area contributed by atoms with Gasteiger partial charge in [0.2, 0.25) is 0 Å². The van der Waals surface area contributed by atoms with Crippen molar-refractivity contribution < 1.29 is 23.8 Å². The number of benzene rings is 2. The van der Waals surface area contributed by atoms with Crippen molar-refractivity contribution in [1.29, 1.82) is 0 Å². The van der Waals surface area contributed by atoms with Gasteiger partial charge in [0.15, 0.2) is 0 Å². The van der Waals surface area contributed by atoms with Crippen molar-refractivity contribution >= 4 is 11.9 Å². The second-order valence-corrected chi connectivity index (χ2v) is 9.45. The van der Waals surface area contributed by atoms with E-state index in [-0.39, 0.29) is 11.9 Å². The first-order chi connectivity index (χ1) is 17.1. The smallest absolute Gasteiger partial charge is 0.343 e. The van der Waals surface area contributed by atoms with Gasteiger partial charge < -0.3 is 14.2 Å². The summed E-state index contributed by atoms with van der Waals surface area (Å²) < 4.78 is 16.2. The van der Waals surface area contributed by atoms with Crippen LogP contribution in [0.1, 0.15) is 99.9 Å². The third kappa shape index (κ3) is 9.04. The van der Waals surface area contributed by atoms with E-state index in [1.807, 2.05) is 19.1 Å². The summed E-state index contributed by atoms with van der Waals surface area (Å²) in [6, 6.07) is 15.0. The molecule has 1 fully saturated rings. The lowest BCUT2D eigenvalue weighted by atomic mass is 9.77. The van der Waals surface area contributed by atoms with Gasteiger partial charge in [-0.25, -0.2) is 4.79 Å². The highest BCUT2D eigenvalue weighted by molar-refractivity contribution is 5.91. The summed E-state index contributed by atoms with van der Waals surface area (Å²) in [5.41, 5.74) is 1.84. The predicted molar refractivity (Wildman–Crippen MR) is 138 cm³/mol. The molecule has 0 radical (unpaired) electrons. The van der Waals surface area contributed by atoms with Crippen molar-refractivity contribution in [3.05, 3.63) is 59.7 Å². The second-order valence-electron chi connectivity index (χ2n) is 9.45. The molecule has 0 atom stereocenters. The molecule has 0 N–H and O–H groups in total. The van der Waals surface area contributed by atoms with Crippen LogP contribution in [0.2, 0.25) is 0 Å². The third-order valence-electron chi connectivity index (χ3n) is 6.80. The van der Waals surface area contributed by atoms with Gasteiger partial charge in [0, 0.05) is 6.42 Å². The molecule has 2 aromatic carbocycles. The molecule has 0 aromatic heterocycles. The monoisotopic (exact) mass is 480 g/mol. The third-order valence-corrected chi connectivity index (χ3v) is 6.80. The fourth-order valence-electron chi connectivity index (χ4n) is 4.83. The molecule has 35 heavy (non-hydrogen) atoms. The number of ether oxygens (including phenoxy) is 3. The number of carbonyl (C=O) groups excluding carboxylic acids is 2. The summed E-state index contributed by atoms with van der Waals surface area (Å²) in [6.07, 6.45) is 10.8. The van der Waals surface area contributed by atoms with E-state index >= 15 is 0 Å². The number of hydrogen-bond donors (Lipinski definition) is 0. The van der Waals surface area contributed by atoms with Crippen LogP contribution in [0, 0.1) is 5.92 Å². The maximum absolute atomic E-state index is 12.5. The van der Waals surface area contributed by atoms with Crippen molar-refractivity contribution in [2.24, 2.45) is 5.92 Å². The molecule has 3 rings (SSSR count). The minimum atomic E-state index is -0.372. The zero-order chi connectivity index (χ0) is 24.9. The van der Waals surface area contributed by atoms with Crippen molar-refractivity contribution in [1.82, 2.24) is 0 Å². The van der Waals surface area contributed by atoms with Gasteiger partial charge in [-0.05, 0) is 106 Å².